The smallest absolute Gasteiger partial charge is 0.260 e. The Kier molecular flexibility index (Phi) is 4.99. The van der Waals surface area contributed by atoms with E-state index in [4.69, 9.17) is 24.5 Å². The summed E-state index contributed by atoms with van der Waals surface area (Å²) in [4.78, 5) is 4.26. The van der Waals surface area contributed by atoms with Crippen LogP contribution in [0, 0.1) is 0 Å². The van der Waals surface area contributed by atoms with Crippen LogP contribution >= 0.6 is 0 Å². The second kappa shape index (κ2) is 6.94. The molecular formula is C14H19N3O4. The van der Waals surface area contributed by atoms with Gasteiger partial charge in [-0.3, -0.25) is 0 Å². The first kappa shape index (κ1) is 15.1. The zero-order chi connectivity index (χ0) is 15.2. The zero-order valence-electron chi connectivity index (χ0n) is 12.4. The second-order valence-corrected chi connectivity index (χ2v) is 4.36. The maximum atomic E-state index is 5.99. The number of benzene rings is 1. The number of hydrogen-bond acceptors (Lipinski definition) is 7. The van der Waals surface area contributed by atoms with Crippen LogP contribution in [0.1, 0.15) is 19.2 Å². The Morgan fingerprint density at radius 3 is 2.57 bits per heavy atom. The van der Waals surface area contributed by atoms with Gasteiger partial charge in [-0.25, -0.2) is 0 Å². The first-order valence-corrected chi connectivity index (χ1v) is 6.61. The molecule has 7 nitrogen and oxygen atoms in total. The largest absolute Gasteiger partial charge is 0.493 e. The van der Waals surface area contributed by atoms with Crippen LogP contribution in [-0.4, -0.2) is 31.0 Å². The maximum absolute atomic E-state index is 5.99. The van der Waals surface area contributed by atoms with Crippen molar-refractivity contribution in [2.45, 2.75) is 20.0 Å². The number of ether oxygens (including phenoxy) is 3. The van der Waals surface area contributed by atoms with Crippen molar-refractivity contribution in [3.05, 3.63) is 18.0 Å². The van der Waals surface area contributed by atoms with Crippen LogP contribution in [0.3, 0.4) is 0 Å². The molecule has 0 unspecified atom stereocenters. The Morgan fingerprint density at radius 2 is 1.90 bits per heavy atom. The van der Waals surface area contributed by atoms with Gasteiger partial charge in [0.25, 0.3) is 5.89 Å². The van der Waals surface area contributed by atoms with E-state index in [1.54, 1.807) is 26.4 Å². The number of rotatable bonds is 7. The number of methoxy groups -OCH3 is 2. The van der Waals surface area contributed by atoms with E-state index in [-0.39, 0.29) is 0 Å². The SMILES string of the molecule is CCCOCc1noc(-c2cc(OC)c(OC)cc2N)n1. The molecule has 2 N–H and O–H groups in total. The van der Waals surface area contributed by atoms with Crippen LogP contribution in [0.25, 0.3) is 11.5 Å². The summed E-state index contributed by atoms with van der Waals surface area (Å²) < 4.78 is 21.0. The highest BCUT2D eigenvalue weighted by Crippen LogP contribution is 2.36. The van der Waals surface area contributed by atoms with Gasteiger partial charge in [0.1, 0.15) is 6.61 Å². The minimum Gasteiger partial charge on any atom is -0.493 e. The van der Waals surface area contributed by atoms with Gasteiger partial charge in [0.05, 0.1) is 19.8 Å². The van der Waals surface area contributed by atoms with Gasteiger partial charge in [-0.2, -0.15) is 4.98 Å². The van der Waals surface area contributed by atoms with Crippen LogP contribution in [0.15, 0.2) is 16.7 Å². The standard InChI is InChI=1S/C14H19N3O4/c1-4-5-20-8-13-16-14(21-17-13)9-6-11(18-2)12(19-3)7-10(9)15/h6-7H,4-5,8,15H2,1-3H3. The fourth-order valence-corrected chi connectivity index (χ4v) is 1.81. The highest BCUT2D eigenvalue weighted by Gasteiger charge is 2.16. The Morgan fingerprint density at radius 1 is 1.19 bits per heavy atom. The molecule has 0 aliphatic carbocycles. The lowest BCUT2D eigenvalue weighted by Crippen LogP contribution is -1.97. The molecular weight excluding hydrogens is 274 g/mol. The van der Waals surface area contributed by atoms with Gasteiger partial charge in [0, 0.05) is 18.4 Å². The summed E-state index contributed by atoms with van der Waals surface area (Å²) in [6.07, 6.45) is 0.938. The molecule has 0 radical (unpaired) electrons. The lowest BCUT2D eigenvalue weighted by molar-refractivity contribution is 0.114. The molecule has 0 aliphatic heterocycles. The molecule has 0 fully saturated rings. The van der Waals surface area contributed by atoms with E-state index < -0.39 is 0 Å². The van der Waals surface area contributed by atoms with E-state index in [1.165, 1.54) is 0 Å². The lowest BCUT2D eigenvalue weighted by Gasteiger charge is -2.10. The predicted octanol–water partition coefficient (Wildman–Crippen LogP) is 2.26. The first-order chi connectivity index (χ1) is 10.2. The quantitative estimate of drug-likeness (QED) is 0.618. The van der Waals surface area contributed by atoms with E-state index in [0.29, 0.717) is 47.7 Å². The summed E-state index contributed by atoms with van der Waals surface area (Å²) in [6.45, 7) is 3.00. The van der Waals surface area contributed by atoms with Crippen molar-refractivity contribution in [2.24, 2.45) is 0 Å². The van der Waals surface area contributed by atoms with Crippen molar-refractivity contribution in [1.82, 2.24) is 10.1 Å². The monoisotopic (exact) mass is 293 g/mol. The summed E-state index contributed by atoms with van der Waals surface area (Å²) >= 11 is 0. The molecule has 114 valence electrons. The first-order valence-electron chi connectivity index (χ1n) is 6.61. The molecule has 0 spiro atoms. The van der Waals surface area contributed by atoms with Crippen molar-refractivity contribution in [3.8, 4) is 23.0 Å². The molecule has 2 aromatic rings. The van der Waals surface area contributed by atoms with Crippen molar-refractivity contribution in [3.63, 3.8) is 0 Å². The van der Waals surface area contributed by atoms with Crippen molar-refractivity contribution in [2.75, 3.05) is 26.6 Å². The third-order valence-electron chi connectivity index (χ3n) is 2.83. The normalized spacial score (nSPS) is 10.6. The van der Waals surface area contributed by atoms with Gasteiger partial charge < -0.3 is 24.5 Å². The topological polar surface area (TPSA) is 92.6 Å². The third-order valence-corrected chi connectivity index (χ3v) is 2.83. The van der Waals surface area contributed by atoms with Crippen LogP contribution in [0.2, 0.25) is 0 Å². The molecule has 0 saturated heterocycles. The molecule has 0 atom stereocenters. The van der Waals surface area contributed by atoms with Gasteiger partial charge in [-0.1, -0.05) is 12.1 Å². The minimum absolute atomic E-state index is 0.310. The average molecular weight is 293 g/mol. The molecule has 0 saturated carbocycles. The van der Waals surface area contributed by atoms with E-state index in [2.05, 4.69) is 10.1 Å². The summed E-state index contributed by atoms with van der Waals surface area (Å²) in [5, 5.41) is 3.86. The van der Waals surface area contributed by atoms with Crippen LogP contribution in [0.5, 0.6) is 11.5 Å². The maximum Gasteiger partial charge on any atom is 0.260 e. The lowest BCUT2D eigenvalue weighted by atomic mass is 10.1. The van der Waals surface area contributed by atoms with Crippen molar-refractivity contribution in [1.29, 1.82) is 0 Å². The van der Waals surface area contributed by atoms with Crippen LogP contribution < -0.4 is 15.2 Å². The number of nitrogens with two attached hydrogens (primary N) is 1. The van der Waals surface area contributed by atoms with Gasteiger partial charge in [-0.15, -0.1) is 0 Å². The zero-order valence-corrected chi connectivity index (χ0v) is 12.4. The number of anilines is 1. The summed E-state index contributed by atoms with van der Waals surface area (Å²) in [5.74, 6) is 1.89. The Bertz CT molecular complexity index is 598. The summed E-state index contributed by atoms with van der Waals surface area (Å²) in [6, 6.07) is 3.37. The molecule has 1 aromatic heterocycles. The molecule has 2 rings (SSSR count). The summed E-state index contributed by atoms with van der Waals surface area (Å²) in [7, 11) is 3.10. The summed E-state index contributed by atoms with van der Waals surface area (Å²) in [5.41, 5.74) is 7.06. The fourth-order valence-electron chi connectivity index (χ4n) is 1.81. The number of nitrogens with zero attached hydrogens (tertiary/aromatic N) is 2. The van der Waals surface area contributed by atoms with Gasteiger partial charge in [0.15, 0.2) is 17.3 Å². The third kappa shape index (κ3) is 3.43. The van der Waals surface area contributed by atoms with E-state index in [0.717, 1.165) is 6.42 Å². The Hall–Kier alpha value is -2.28. The Labute approximate surface area is 123 Å². The molecule has 1 aromatic carbocycles. The Balaban J connectivity index is 2.25. The van der Waals surface area contributed by atoms with Gasteiger partial charge >= 0.3 is 0 Å². The number of hydrogen-bond donors (Lipinski definition) is 1. The van der Waals surface area contributed by atoms with Crippen LogP contribution in [-0.2, 0) is 11.3 Å². The van der Waals surface area contributed by atoms with Crippen molar-refractivity contribution >= 4 is 5.69 Å². The highest BCUT2D eigenvalue weighted by molar-refractivity contribution is 5.75. The molecule has 0 aliphatic rings. The minimum atomic E-state index is 0.310. The van der Waals surface area contributed by atoms with E-state index in [9.17, 15) is 0 Å². The molecule has 7 heteroatoms. The number of aromatic nitrogens is 2. The van der Waals surface area contributed by atoms with E-state index in [1.807, 2.05) is 6.92 Å². The van der Waals surface area contributed by atoms with Crippen molar-refractivity contribution < 1.29 is 18.7 Å². The number of nitrogen functional groups attached to an aromatic ring is 1. The van der Waals surface area contributed by atoms with Gasteiger partial charge in [0.2, 0.25) is 0 Å². The molecule has 0 bridgehead atoms. The van der Waals surface area contributed by atoms with Crippen LogP contribution in [0.4, 0.5) is 5.69 Å². The fraction of sp³-hybridized carbons (Fsp3) is 0.429. The molecule has 21 heavy (non-hydrogen) atoms. The predicted molar refractivity (Wildman–Crippen MR) is 77.2 cm³/mol. The molecule has 0 amide bonds. The highest BCUT2D eigenvalue weighted by atomic mass is 16.5. The van der Waals surface area contributed by atoms with Gasteiger partial charge in [-0.05, 0) is 12.5 Å². The van der Waals surface area contributed by atoms with E-state index >= 15 is 0 Å². The average Bonchev–Trinajstić information content (AvgIpc) is 2.95. The molecule has 1 heterocycles. The second-order valence-electron chi connectivity index (χ2n) is 4.36.